The van der Waals surface area contributed by atoms with Gasteiger partial charge in [-0.05, 0) is 30.7 Å². The number of rotatable bonds is 3. The summed E-state index contributed by atoms with van der Waals surface area (Å²) in [6, 6.07) is 7.16. The van der Waals surface area contributed by atoms with Crippen molar-refractivity contribution >= 4 is 33.5 Å². The summed E-state index contributed by atoms with van der Waals surface area (Å²) in [5.41, 5.74) is 0.684. The molecule has 0 heterocycles. The Kier molecular flexibility index (Phi) is 2.96. The fourth-order valence-electron chi connectivity index (χ4n) is 1.53. The molecule has 16 heavy (non-hydrogen) atoms. The second-order valence-electron chi connectivity index (χ2n) is 3.78. The highest BCUT2D eigenvalue weighted by Crippen LogP contribution is 2.39. The molecule has 0 saturated heterocycles. The highest BCUT2D eigenvalue weighted by atomic mass is 79.9. The zero-order valence-corrected chi connectivity index (χ0v) is 9.90. The number of carbonyl (C=O) groups excluding carboxylic acids is 1. The van der Waals surface area contributed by atoms with Crippen molar-refractivity contribution in [2.75, 3.05) is 5.32 Å². The average molecular weight is 284 g/mol. The summed E-state index contributed by atoms with van der Waals surface area (Å²) >= 11 is 3.29. The van der Waals surface area contributed by atoms with Crippen LogP contribution in [0.4, 0.5) is 5.69 Å². The van der Waals surface area contributed by atoms with Crippen molar-refractivity contribution in [2.45, 2.75) is 6.42 Å². The Morgan fingerprint density at radius 3 is 2.38 bits per heavy atom. The van der Waals surface area contributed by atoms with Gasteiger partial charge in [-0.25, -0.2) is 0 Å². The van der Waals surface area contributed by atoms with Crippen LogP contribution in [0, 0.1) is 11.8 Å². The van der Waals surface area contributed by atoms with E-state index in [1.165, 1.54) is 0 Å². The second kappa shape index (κ2) is 4.25. The SMILES string of the molecule is O=C(O)C1CC1C(=O)Nc1ccc(Br)cc1. The van der Waals surface area contributed by atoms with Gasteiger partial charge in [0.15, 0.2) is 0 Å². The molecule has 0 bridgehead atoms. The maximum atomic E-state index is 11.6. The van der Waals surface area contributed by atoms with Crippen molar-refractivity contribution in [2.24, 2.45) is 11.8 Å². The Bertz CT molecular complexity index is 429. The van der Waals surface area contributed by atoms with E-state index in [2.05, 4.69) is 21.2 Å². The first kappa shape index (κ1) is 11.1. The second-order valence-corrected chi connectivity index (χ2v) is 4.70. The lowest BCUT2D eigenvalue weighted by Gasteiger charge is -2.03. The standard InChI is InChI=1S/C11H10BrNO3/c12-6-1-3-7(4-2-6)13-10(14)8-5-9(8)11(15)16/h1-4,8-9H,5H2,(H,13,14)(H,15,16). The van der Waals surface area contributed by atoms with Crippen LogP contribution in [0.5, 0.6) is 0 Å². The molecule has 0 radical (unpaired) electrons. The van der Waals surface area contributed by atoms with E-state index in [0.717, 1.165) is 4.47 Å². The number of aliphatic carboxylic acids is 1. The minimum atomic E-state index is -0.893. The highest BCUT2D eigenvalue weighted by Gasteiger charge is 2.48. The van der Waals surface area contributed by atoms with Crippen LogP contribution in [0.25, 0.3) is 0 Å². The average Bonchev–Trinajstić information content (AvgIpc) is 3.01. The van der Waals surface area contributed by atoms with E-state index in [1.54, 1.807) is 12.1 Å². The van der Waals surface area contributed by atoms with Crippen LogP contribution in [-0.2, 0) is 9.59 Å². The van der Waals surface area contributed by atoms with Gasteiger partial charge in [-0.1, -0.05) is 15.9 Å². The topological polar surface area (TPSA) is 66.4 Å². The van der Waals surface area contributed by atoms with Gasteiger partial charge in [0.1, 0.15) is 0 Å². The number of hydrogen-bond acceptors (Lipinski definition) is 2. The monoisotopic (exact) mass is 283 g/mol. The third-order valence-electron chi connectivity index (χ3n) is 2.56. The molecule has 1 aliphatic carbocycles. The third kappa shape index (κ3) is 2.41. The maximum Gasteiger partial charge on any atom is 0.307 e. The Labute approximate surface area is 101 Å². The van der Waals surface area contributed by atoms with E-state index in [4.69, 9.17) is 5.11 Å². The quantitative estimate of drug-likeness (QED) is 0.893. The van der Waals surface area contributed by atoms with Crippen LogP contribution in [0.15, 0.2) is 28.7 Å². The Balaban J connectivity index is 1.94. The summed E-state index contributed by atoms with van der Waals surface area (Å²) in [6.45, 7) is 0. The van der Waals surface area contributed by atoms with E-state index in [-0.39, 0.29) is 11.8 Å². The summed E-state index contributed by atoms with van der Waals surface area (Å²) in [5, 5.41) is 11.4. The molecule has 4 nitrogen and oxygen atoms in total. The smallest absolute Gasteiger partial charge is 0.307 e. The molecule has 0 spiro atoms. The normalized spacial score (nSPS) is 22.6. The summed E-state index contributed by atoms with van der Waals surface area (Å²) in [7, 11) is 0. The molecule has 1 aromatic rings. The largest absolute Gasteiger partial charge is 0.481 e. The van der Waals surface area contributed by atoms with Gasteiger partial charge in [0.05, 0.1) is 11.8 Å². The van der Waals surface area contributed by atoms with Gasteiger partial charge >= 0.3 is 5.97 Å². The van der Waals surface area contributed by atoms with Crippen molar-refractivity contribution in [3.63, 3.8) is 0 Å². The maximum absolute atomic E-state index is 11.6. The third-order valence-corrected chi connectivity index (χ3v) is 3.08. The number of hydrogen-bond donors (Lipinski definition) is 2. The summed E-state index contributed by atoms with van der Waals surface area (Å²) in [5.74, 6) is -1.98. The molecular weight excluding hydrogens is 274 g/mol. The Morgan fingerprint density at radius 1 is 1.25 bits per heavy atom. The van der Waals surface area contributed by atoms with Crippen LogP contribution < -0.4 is 5.32 Å². The molecule has 2 rings (SSSR count). The first-order valence-electron chi connectivity index (χ1n) is 4.87. The van der Waals surface area contributed by atoms with Crippen molar-refractivity contribution in [3.05, 3.63) is 28.7 Å². The molecule has 1 aromatic carbocycles. The number of carboxylic acids is 1. The van der Waals surface area contributed by atoms with Gasteiger partial charge in [0.25, 0.3) is 0 Å². The molecule has 2 atom stereocenters. The number of carbonyl (C=O) groups is 2. The van der Waals surface area contributed by atoms with E-state index < -0.39 is 11.9 Å². The molecule has 1 amide bonds. The molecule has 0 aliphatic heterocycles. The fourth-order valence-corrected chi connectivity index (χ4v) is 1.79. The summed E-state index contributed by atoms with van der Waals surface area (Å²) in [4.78, 5) is 22.2. The van der Waals surface area contributed by atoms with Gasteiger partial charge in [0, 0.05) is 10.2 Å². The summed E-state index contributed by atoms with van der Waals surface area (Å²) < 4.78 is 0.931. The van der Waals surface area contributed by atoms with Gasteiger partial charge in [0.2, 0.25) is 5.91 Å². The molecule has 1 fully saturated rings. The number of benzene rings is 1. The zero-order valence-electron chi connectivity index (χ0n) is 8.31. The van der Waals surface area contributed by atoms with E-state index in [9.17, 15) is 9.59 Å². The molecule has 1 aliphatic rings. The predicted molar refractivity (Wildman–Crippen MR) is 62.0 cm³/mol. The zero-order chi connectivity index (χ0) is 11.7. The highest BCUT2D eigenvalue weighted by molar-refractivity contribution is 9.10. The molecule has 0 aromatic heterocycles. The summed E-state index contributed by atoms with van der Waals surface area (Å²) in [6.07, 6.45) is 0.442. The van der Waals surface area contributed by atoms with E-state index in [0.29, 0.717) is 12.1 Å². The van der Waals surface area contributed by atoms with Gasteiger partial charge in [-0.2, -0.15) is 0 Å². The van der Waals surface area contributed by atoms with Crippen LogP contribution in [-0.4, -0.2) is 17.0 Å². The van der Waals surface area contributed by atoms with Crippen molar-refractivity contribution < 1.29 is 14.7 Å². The van der Waals surface area contributed by atoms with Crippen LogP contribution >= 0.6 is 15.9 Å². The van der Waals surface area contributed by atoms with Gasteiger partial charge in [-0.15, -0.1) is 0 Å². The molecule has 1 saturated carbocycles. The lowest BCUT2D eigenvalue weighted by atomic mass is 10.2. The van der Waals surface area contributed by atoms with Crippen LogP contribution in [0.3, 0.4) is 0 Å². The van der Waals surface area contributed by atoms with Crippen LogP contribution in [0.2, 0.25) is 0 Å². The molecule has 2 unspecified atom stereocenters. The van der Waals surface area contributed by atoms with Crippen molar-refractivity contribution in [1.29, 1.82) is 0 Å². The van der Waals surface area contributed by atoms with Gasteiger partial charge < -0.3 is 10.4 Å². The van der Waals surface area contributed by atoms with Crippen molar-refractivity contribution in [3.8, 4) is 0 Å². The fraction of sp³-hybridized carbons (Fsp3) is 0.273. The van der Waals surface area contributed by atoms with E-state index >= 15 is 0 Å². The number of nitrogens with one attached hydrogen (secondary N) is 1. The number of amides is 1. The first-order valence-corrected chi connectivity index (χ1v) is 5.66. The minimum Gasteiger partial charge on any atom is -0.481 e. The minimum absolute atomic E-state index is 0.213. The number of anilines is 1. The van der Waals surface area contributed by atoms with Crippen molar-refractivity contribution in [1.82, 2.24) is 0 Å². The molecule has 2 N–H and O–H groups in total. The lowest BCUT2D eigenvalue weighted by Crippen LogP contribution is -2.16. The van der Waals surface area contributed by atoms with Gasteiger partial charge in [-0.3, -0.25) is 9.59 Å². The predicted octanol–water partition coefficient (Wildman–Crippen LogP) is 2.11. The first-order chi connectivity index (χ1) is 7.58. The number of halogens is 1. The lowest BCUT2D eigenvalue weighted by molar-refractivity contribution is -0.139. The molecular formula is C11H10BrNO3. The molecule has 84 valence electrons. The van der Waals surface area contributed by atoms with E-state index in [1.807, 2.05) is 12.1 Å². The Hall–Kier alpha value is -1.36. The Morgan fingerprint density at radius 2 is 1.88 bits per heavy atom. The number of carboxylic acid groups (broad SMARTS) is 1. The van der Waals surface area contributed by atoms with Crippen LogP contribution in [0.1, 0.15) is 6.42 Å². The molecule has 5 heteroatoms.